The lowest BCUT2D eigenvalue weighted by atomic mass is 10.1. The Morgan fingerprint density at radius 1 is 1.50 bits per heavy atom. The highest BCUT2D eigenvalue weighted by Gasteiger charge is 2.05. The number of Topliss-reactive ketones (excluding diaryl/α,β-unsaturated/α-hetero) is 1. The second kappa shape index (κ2) is 3.71. The standard InChI is InChI=1S/C10H9NOS2/c1-6(12)7-3-4-9-8(5-7)11-10(13-2)14-9/h3-5H,1-2H3. The van der Waals surface area contributed by atoms with Crippen molar-refractivity contribution in [3.8, 4) is 0 Å². The van der Waals surface area contributed by atoms with Gasteiger partial charge < -0.3 is 0 Å². The molecule has 2 nitrogen and oxygen atoms in total. The van der Waals surface area contributed by atoms with Crippen LogP contribution in [0.4, 0.5) is 0 Å². The third-order valence-corrected chi connectivity index (χ3v) is 3.97. The van der Waals surface area contributed by atoms with Gasteiger partial charge in [0.05, 0.1) is 10.2 Å². The van der Waals surface area contributed by atoms with Gasteiger partial charge in [0.1, 0.15) is 0 Å². The van der Waals surface area contributed by atoms with E-state index in [1.165, 1.54) is 0 Å². The molecule has 0 N–H and O–H groups in total. The molecule has 0 fully saturated rings. The van der Waals surface area contributed by atoms with Gasteiger partial charge >= 0.3 is 0 Å². The summed E-state index contributed by atoms with van der Waals surface area (Å²) in [5, 5.41) is 0. The topological polar surface area (TPSA) is 30.0 Å². The number of fused-ring (bicyclic) bond motifs is 1. The zero-order valence-electron chi connectivity index (χ0n) is 7.90. The van der Waals surface area contributed by atoms with E-state index < -0.39 is 0 Å². The van der Waals surface area contributed by atoms with Crippen molar-refractivity contribution in [3.63, 3.8) is 0 Å². The molecule has 0 saturated heterocycles. The predicted octanol–water partition coefficient (Wildman–Crippen LogP) is 3.22. The van der Waals surface area contributed by atoms with Crippen LogP contribution in [0.3, 0.4) is 0 Å². The van der Waals surface area contributed by atoms with Crippen LogP contribution in [-0.4, -0.2) is 17.0 Å². The summed E-state index contributed by atoms with van der Waals surface area (Å²) in [5.41, 5.74) is 1.66. The lowest BCUT2D eigenvalue weighted by Gasteiger charge is -1.93. The number of thioether (sulfide) groups is 1. The normalized spacial score (nSPS) is 10.7. The number of ketones is 1. The smallest absolute Gasteiger partial charge is 0.159 e. The van der Waals surface area contributed by atoms with Crippen LogP contribution < -0.4 is 0 Å². The van der Waals surface area contributed by atoms with Gasteiger partial charge in [0.15, 0.2) is 10.1 Å². The summed E-state index contributed by atoms with van der Waals surface area (Å²) < 4.78 is 2.18. The molecule has 0 amide bonds. The Labute approximate surface area is 90.4 Å². The summed E-state index contributed by atoms with van der Waals surface area (Å²) >= 11 is 3.29. The largest absolute Gasteiger partial charge is 0.295 e. The van der Waals surface area contributed by atoms with Crippen LogP contribution in [0.2, 0.25) is 0 Å². The predicted molar refractivity (Wildman–Crippen MR) is 61.4 cm³/mol. The third-order valence-electron chi connectivity index (χ3n) is 1.95. The Morgan fingerprint density at radius 2 is 2.29 bits per heavy atom. The first kappa shape index (κ1) is 9.68. The van der Waals surface area contributed by atoms with Crippen molar-refractivity contribution < 1.29 is 4.79 Å². The molecule has 0 aliphatic carbocycles. The zero-order valence-corrected chi connectivity index (χ0v) is 9.54. The second-order valence-corrected chi connectivity index (χ2v) is 5.01. The van der Waals surface area contributed by atoms with Crippen molar-refractivity contribution in [2.24, 2.45) is 0 Å². The SMILES string of the molecule is CSc1nc2cc(C(C)=O)ccc2s1. The van der Waals surface area contributed by atoms with Gasteiger partial charge in [-0.1, -0.05) is 11.8 Å². The maximum Gasteiger partial charge on any atom is 0.159 e. The number of thiazole rings is 1. The first-order valence-electron chi connectivity index (χ1n) is 4.16. The molecular formula is C10H9NOS2. The number of hydrogen-bond acceptors (Lipinski definition) is 4. The number of aromatic nitrogens is 1. The van der Waals surface area contributed by atoms with Crippen molar-refractivity contribution in [1.82, 2.24) is 4.98 Å². The van der Waals surface area contributed by atoms with Gasteiger partial charge in [0, 0.05) is 5.56 Å². The van der Waals surface area contributed by atoms with Crippen LogP contribution in [-0.2, 0) is 0 Å². The molecule has 14 heavy (non-hydrogen) atoms. The molecule has 0 aliphatic heterocycles. The second-order valence-electron chi connectivity index (χ2n) is 2.92. The molecule has 0 spiro atoms. The Kier molecular flexibility index (Phi) is 2.56. The van der Waals surface area contributed by atoms with Gasteiger partial charge in [-0.2, -0.15) is 0 Å². The fourth-order valence-corrected chi connectivity index (χ4v) is 2.68. The maximum atomic E-state index is 11.1. The zero-order chi connectivity index (χ0) is 10.1. The van der Waals surface area contributed by atoms with Crippen molar-refractivity contribution in [2.75, 3.05) is 6.26 Å². The number of hydrogen-bond donors (Lipinski definition) is 0. The van der Waals surface area contributed by atoms with Gasteiger partial charge in [-0.15, -0.1) is 11.3 Å². The van der Waals surface area contributed by atoms with E-state index in [1.54, 1.807) is 30.0 Å². The number of rotatable bonds is 2. The first-order valence-corrected chi connectivity index (χ1v) is 6.20. The quantitative estimate of drug-likeness (QED) is 0.578. The van der Waals surface area contributed by atoms with E-state index in [-0.39, 0.29) is 5.78 Å². The number of nitrogens with zero attached hydrogens (tertiary/aromatic N) is 1. The Hall–Kier alpha value is -0.870. The minimum absolute atomic E-state index is 0.0885. The van der Waals surface area contributed by atoms with E-state index in [9.17, 15) is 4.79 Å². The third kappa shape index (κ3) is 1.67. The maximum absolute atomic E-state index is 11.1. The molecule has 0 unspecified atom stereocenters. The van der Waals surface area contributed by atoms with Crippen LogP contribution >= 0.6 is 23.1 Å². The minimum Gasteiger partial charge on any atom is -0.295 e. The van der Waals surface area contributed by atoms with E-state index in [2.05, 4.69) is 4.98 Å². The molecule has 2 rings (SSSR count). The monoisotopic (exact) mass is 223 g/mol. The van der Waals surface area contributed by atoms with Crippen LogP contribution in [0.5, 0.6) is 0 Å². The van der Waals surface area contributed by atoms with Crippen LogP contribution in [0.25, 0.3) is 10.2 Å². The van der Waals surface area contributed by atoms with Gasteiger partial charge in [0.25, 0.3) is 0 Å². The highest BCUT2D eigenvalue weighted by atomic mass is 32.2. The van der Waals surface area contributed by atoms with Crippen molar-refractivity contribution >= 4 is 39.1 Å². The Bertz CT molecular complexity index is 490. The summed E-state index contributed by atoms with van der Waals surface area (Å²) in [7, 11) is 0. The summed E-state index contributed by atoms with van der Waals surface area (Å²) in [4.78, 5) is 15.5. The molecule has 1 aromatic heterocycles. The molecular weight excluding hydrogens is 214 g/mol. The molecule has 0 saturated carbocycles. The molecule has 0 bridgehead atoms. The first-order chi connectivity index (χ1) is 6.70. The molecule has 0 aliphatic rings. The van der Waals surface area contributed by atoms with E-state index in [0.29, 0.717) is 0 Å². The van der Waals surface area contributed by atoms with Crippen LogP contribution in [0.15, 0.2) is 22.5 Å². The fraction of sp³-hybridized carbons (Fsp3) is 0.200. The van der Waals surface area contributed by atoms with E-state index in [1.807, 2.05) is 24.5 Å². The van der Waals surface area contributed by atoms with Gasteiger partial charge in [0.2, 0.25) is 0 Å². The summed E-state index contributed by atoms with van der Waals surface area (Å²) in [5.74, 6) is 0.0885. The number of carbonyl (C=O) groups is 1. The van der Waals surface area contributed by atoms with E-state index in [0.717, 1.165) is 20.1 Å². The molecule has 4 heteroatoms. The highest BCUT2D eigenvalue weighted by molar-refractivity contribution is 8.00. The molecule has 0 atom stereocenters. The van der Waals surface area contributed by atoms with Crippen LogP contribution in [0, 0.1) is 0 Å². The van der Waals surface area contributed by atoms with Crippen molar-refractivity contribution in [1.29, 1.82) is 0 Å². The lowest BCUT2D eigenvalue weighted by Crippen LogP contribution is -1.90. The van der Waals surface area contributed by atoms with Crippen molar-refractivity contribution in [2.45, 2.75) is 11.3 Å². The number of benzene rings is 1. The fourth-order valence-electron chi connectivity index (χ4n) is 1.21. The summed E-state index contributed by atoms with van der Waals surface area (Å²) in [6, 6.07) is 5.67. The summed E-state index contributed by atoms with van der Waals surface area (Å²) in [6.07, 6.45) is 2.00. The lowest BCUT2D eigenvalue weighted by molar-refractivity contribution is 0.101. The van der Waals surface area contributed by atoms with Crippen LogP contribution in [0.1, 0.15) is 17.3 Å². The van der Waals surface area contributed by atoms with Gasteiger partial charge in [-0.3, -0.25) is 4.79 Å². The van der Waals surface area contributed by atoms with E-state index in [4.69, 9.17) is 0 Å². The Morgan fingerprint density at radius 3 is 2.93 bits per heavy atom. The molecule has 72 valence electrons. The van der Waals surface area contributed by atoms with E-state index >= 15 is 0 Å². The van der Waals surface area contributed by atoms with Gasteiger partial charge in [-0.05, 0) is 31.4 Å². The Balaban J connectivity index is 2.59. The summed E-state index contributed by atoms with van der Waals surface area (Å²) in [6.45, 7) is 1.57. The van der Waals surface area contributed by atoms with Gasteiger partial charge in [-0.25, -0.2) is 4.98 Å². The highest BCUT2D eigenvalue weighted by Crippen LogP contribution is 2.28. The molecule has 1 heterocycles. The molecule has 1 aromatic carbocycles. The molecule has 2 aromatic rings. The number of carbonyl (C=O) groups excluding carboxylic acids is 1. The minimum atomic E-state index is 0.0885. The molecule has 0 radical (unpaired) electrons. The average molecular weight is 223 g/mol. The average Bonchev–Trinajstić information content (AvgIpc) is 2.58. The van der Waals surface area contributed by atoms with Crippen molar-refractivity contribution in [3.05, 3.63) is 23.8 Å².